The van der Waals surface area contributed by atoms with E-state index in [4.69, 9.17) is 0 Å². The Hall–Kier alpha value is -2.53. The van der Waals surface area contributed by atoms with Crippen LogP contribution in [-0.4, -0.2) is 10.9 Å². The Balaban J connectivity index is 1.78. The van der Waals surface area contributed by atoms with E-state index in [1.165, 1.54) is 12.1 Å². The van der Waals surface area contributed by atoms with Gasteiger partial charge in [0.05, 0.1) is 4.47 Å². The molecule has 0 unspecified atom stereocenters. The summed E-state index contributed by atoms with van der Waals surface area (Å²) in [5.74, 6) is -0.592. The van der Waals surface area contributed by atoms with Gasteiger partial charge < -0.3 is 5.32 Å². The lowest BCUT2D eigenvalue weighted by molar-refractivity contribution is -0.111. The van der Waals surface area contributed by atoms with Crippen LogP contribution < -0.4 is 5.32 Å². The molecule has 1 amide bonds. The molecule has 0 bridgehead atoms. The number of nitrogens with one attached hydrogen (secondary N) is 1. The standard InChI is InChI=1S/C18H12BrFN2O/c19-15-10-12(4-6-16(15)20)5-7-18(23)22-17-3-1-2-13-11-21-9-8-14(13)17/h1-11H,(H,22,23). The first-order valence-corrected chi connectivity index (χ1v) is 7.69. The minimum Gasteiger partial charge on any atom is -0.322 e. The van der Waals surface area contributed by atoms with Gasteiger partial charge in [0.2, 0.25) is 5.91 Å². The predicted molar refractivity (Wildman–Crippen MR) is 93.5 cm³/mol. The van der Waals surface area contributed by atoms with E-state index >= 15 is 0 Å². The first-order valence-electron chi connectivity index (χ1n) is 6.90. The molecule has 23 heavy (non-hydrogen) atoms. The van der Waals surface area contributed by atoms with Crippen molar-refractivity contribution < 1.29 is 9.18 Å². The van der Waals surface area contributed by atoms with Crippen LogP contribution in [0.2, 0.25) is 0 Å². The highest BCUT2D eigenvalue weighted by molar-refractivity contribution is 9.10. The van der Waals surface area contributed by atoms with E-state index in [1.807, 2.05) is 24.3 Å². The van der Waals surface area contributed by atoms with Gasteiger partial charge in [-0.15, -0.1) is 0 Å². The van der Waals surface area contributed by atoms with E-state index in [-0.39, 0.29) is 11.7 Å². The lowest BCUT2D eigenvalue weighted by atomic mass is 10.1. The number of anilines is 1. The Morgan fingerprint density at radius 2 is 2.09 bits per heavy atom. The van der Waals surface area contributed by atoms with Crippen LogP contribution in [-0.2, 0) is 4.79 Å². The van der Waals surface area contributed by atoms with Gasteiger partial charge in [-0.1, -0.05) is 18.2 Å². The second-order valence-corrected chi connectivity index (χ2v) is 5.75. The zero-order valence-corrected chi connectivity index (χ0v) is 13.5. The number of carbonyl (C=O) groups excluding carboxylic acids is 1. The van der Waals surface area contributed by atoms with Crippen molar-refractivity contribution in [3.05, 3.63) is 76.8 Å². The van der Waals surface area contributed by atoms with Gasteiger partial charge in [-0.3, -0.25) is 9.78 Å². The fourth-order valence-electron chi connectivity index (χ4n) is 2.19. The van der Waals surface area contributed by atoms with Crippen molar-refractivity contribution >= 4 is 44.4 Å². The Morgan fingerprint density at radius 1 is 1.22 bits per heavy atom. The summed E-state index contributed by atoms with van der Waals surface area (Å²) in [4.78, 5) is 16.1. The summed E-state index contributed by atoms with van der Waals surface area (Å²) in [6, 6.07) is 12.0. The van der Waals surface area contributed by atoms with Crippen molar-refractivity contribution in [1.82, 2.24) is 4.98 Å². The molecule has 5 heteroatoms. The van der Waals surface area contributed by atoms with Crippen LogP contribution in [0.15, 0.2) is 65.4 Å². The molecule has 0 aliphatic carbocycles. The molecule has 0 atom stereocenters. The minimum atomic E-state index is -0.337. The van der Waals surface area contributed by atoms with Gasteiger partial charge in [0.25, 0.3) is 0 Å². The molecule has 0 radical (unpaired) electrons. The molecule has 0 saturated heterocycles. The molecule has 114 valence electrons. The molecule has 0 spiro atoms. The van der Waals surface area contributed by atoms with Crippen LogP contribution in [0.4, 0.5) is 10.1 Å². The number of hydrogen-bond acceptors (Lipinski definition) is 2. The monoisotopic (exact) mass is 370 g/mol. The minimum absolute atomic E-state index is 0.255. The van der Waals surface area contributed by atoms with Gasteiger partial charge in [0.1, 0.15) is 5.82 Å². The van der Waals surface area contributed by atoms with Crippen LogP contribution in [0.3, 0.4) is 0 Å². The lowest BCUT2D eigenvalue weighted by Gasteiger charge is -2.06. The van der Waals surface area contributed by atoms with E-state index in [1.54, 1.807) is 30.6 Å². The molecule has 2 aromatic carbocycles. The van der Waals surface area contributed by atoms with Crippen LogP contribution >= 0.6 is 15.9 Å². The molecule has 1 N–H and O–H groups in total. The van der Waals surface area contributed by atoms with Gasteiger partial charge in [0, 0.05) is 34.9 Å². The Kier molecular flexibility index (Phi) is 4.48. The summed E-state index contributed by atoms with van der Waals surface area (Å²) in [5, 5.41) is 4.72. The molecule has 3 aromatic rings. The zero-order chi connectivity index (χ0) is 16.2. The second kappa shape index (κ2) is 6.71. The quantitative estimate of drug-likeness (QED) is 0.673. The van der Waals surface area contributed by atoms with Crippen molar-refractivity contribution in [3.63, 3.8) is 0 Å². The van der Waals surface area contributed by atoms with E-state index in [0.717, 1.165) is 22.0 Å². The molecule has 1 aromatic heterocycles. The average molecular weight is 371 g/mol. The third kappa shape index (κ3) is 3.63. The number of benzene rings is 2. The topological polar surface area (TPSA) is 42.0 Å². The highest BCUT2D eigenvalue weighted by Crippen LogP contribution is 2.22. The van der Waals surface area contributed by atoms with Gasteiger partial charge in [-0.25, -0.2) is 4.39 Å². The smallest absolute Gasteiger partial charge is 0.248 e. The van der Waals surface area contributed by atoms with Crippen molar-refractivity contribution in [2.75, 3.05) is 5.32 Å². The number of fused-ring (bicyclic) bond motifs is 1. The van der Waals surface area contributed by atoms with Crippen molar-refractivity contribution in [2.24, 2.45) is 0 Å². The van der Waals surface area contributed by atoms with Crippen LogP contribution in [0, 0.1) is 5.82 Å². The van der Waals surface area contributed by atoms with Gasteiger partial charge >= 0.3 is 0 Å². The first kappa shape index (κ1) is 15.4. The number of amides is 1. The summed E-state index contributed by atoms with van der Waals surface area (Å²) in [7, 11) is 0. The SMILES string of the molecule is O=C(C=Cc1ccc(F)c(Br)c1)Nc1cccc2cnccc12. The highest BCUT2D eigenvalue weighted by Gasteiger charge is 2.03. The average Bonchev–Trinajstić information content (AvgIpc) is 2.56. The number of aromatic nitrogens is 1. The molecule has 3 nitrogen and oxygen atoms in total. The van der Waals surface area contributed by atoms with Crippen molar-refractivity contribution in [1.29, 1.82) is 0 Å². The molecule has 1 heterocycles. The summed E-state index contributed by atoms with van der Waals surface area (Å²) >= 11 is 3.12. The number of carbonyl (C=O) groups is 1. The normalized spacial score (nSPS) is 11.0. The van der Waals surface area contributed by atoms with Gasteiger partial charge in [0.15, 0.2) is 0 Å². The maximum Gasteiger partial charge on any atom is 0.248 e. The highest BCUT2D eigenvalue weighted by atomic mass is 79.9. The molecular weight excluding hydrogens is 359 g/mol. The predicted octanol–water partition coefficient (Wildman–Crippen LogP) is 4.79. The first-order chi connectivity index (χ1) is 11.1. The molecular formula is C18H12BrFN2O. The van der Waals surface area contributed by atoms with E-state index in [9.17, 15) is 9.18 Å². The van der Waals surface area contributed by atoms with E-state index in [0.29, 0.717) is 4.47 Å². The fourth-order valence-corrected chi connectivity index (χ4v) is 2.59. The number of hydrogen-bond donors (Lipinski definition) is 1. The zero-order valence-electron chi connectivity index (χ0n) is 12.0. The van der Waals surface area contributed by atoms with Crippen molar-refractivity contribution in [3.8, 4) is 0 Å². The summed E-state index contributed by atoms with van der Waals surface area (Å²) in [6.45, 7) is 0. The summed E-state index contributed by atoms with van der Waals surface area (Å²) in [5.41, 5.74) is 1.45. The molecule has 0 aliphatic rings. The Labute approximate surface area is 141 Å². The Bertz CT molecular complexity index is 903. The number of pyridine rings is 1. The van der Waals surface area contributed by atoms with Crippen LogP contribution in [0.25, 0.3) is 16.8 Å². The van der Waals surface area contributed by atoms with Gasteiger partial charge in [-0.2, -0.15) is 0 Å². The Morgan fingerprint density at radius 3 is 2.91 bits per heavy atom. The molecule has 0 fully saturated rings. The molecule has 3 rings (SSSR count). The summed E-state index contributed by atoms with van der Waals surface area (Å²) in [6.07, 6.45) is 6.48. The van der Waals surface area contributed by atoms with Crippen LogP contribution in [0.5, 0.6) is 0 Å². The maximum absolute atomic E-state index is 13.2. The largest absolute Gasteiger partial charge is 0.322 e. The van der Waals surface area contributed by atoms with Gasteiger partial charge in [-0.05, 0) is 51.8 Å². The van der Waals surface area contributed by atoms with E-state index in [2.05, 4.69) is 26.2 Å². The number of nitrogens with zero attached hydrogens (tertiary/aromatic N) is 1. The second-order valence-electron chi connectivity index (χ2n) is 4.90. The molecule has 0 saturated carbocycles. The third-order valence-corrected chi connectivity index (χ3v) is 3.92. The van der Waals surface area contributed by atoms with E-state index < -0.39 is 0 Å². The van der Waals surface area contributed by atoms with Crippen molar-refractivity contribution in [2.45, 2.75) is 0 Å². The third-order valence-electron chi connectivity index (χ3n) is 3.31. The maximum atomic E-state index is 13.2. The fraction of sp³-hybridized carbons (Fsp3) is 0. The number of rotatable bonds is 3. The number of halogens is 2. The van der Waals surface area contributed by atoms with Crippen LogP contribution in [0.1, 0.15) is 5.56 Å². The lowest BCUT2D eigenvalue weighted by Crippen LogP contribution is -2.08. The molecule has 0 aliphatic heterocycles. The summed E-state index contributed by atoms with van der Waals surface area (Å²) < 4.78 is 13.5.